The van der Waals surface area contributed by atoms with Crippen molar-refractivity contribution in [1.82, 2.24) is 9.97 Å². The minimum Gasteiger partial charge on any atom is -0.487 e. The topological polar surface area (TPSA) is 64.2 Å². The zero-order chi connectivity index (χ0) is 13.1. The molecule has 0 atom stereocenters. The Morgan fingerprint density at radius 3 is 2.89 bits per heavy atom. The van der Waals surface area contributed by atoms with Gasteiger partial charge in [0.2, 0.25) is 5.75 Å². The summed E-state index contributed by atoms with van der Waals surface area (Å²) < 4.78 is 23.9. The van der Waals surface area contributed by atoms with Gasteiger partial charge in [0.05, 0.1) is 13.4 Å². The molecule has 0 aliphatic heterocycles. The zero-order valence-corrected chi connectivity index (χ0v) is 9.86. The highest BCUT2D eigenvalue weighted by Gasteiger charge is 2.14. The number of aromatic nitrogens is 2. The Morgan fingerprint density at radius 1 is 1.39 bits per heavy atom. The van der Waals surface area contributed by atoms with E-state index in [4.69, 9.17) is 9.47 Å². The first kappa shape index (κ1) is 12.1. The van der Waals surface area contributed by atoms with Crippen molar-refractivity contribution in [2.75, 3.05) is 7.11 Å². The van der Waals surface area contributed by atoms with Crippen LogP contribution in [0.2, 0.25) is 0 Å². The van der Waals surface area contributed by atoms with Crippen LogP contribution in [0.15, 0.2) is 29.3 Å². The molecule has 0 radical (unpaired) electrons. The number of methoxy groups -OCH3 is 1. The third-order valence-electron chi connectivity index (χ3n) is 2.35. The molecule has 0 aliphatic rings. The number of halogens is 1. The Hall–Kier alpha value is -2.37. The average molecular weight is 250 g/mol. The average Bonchev–Trinajstić information content (AvgIpc) is 2.35. The van der Waals surface area contributed by atoms with Crippen molar-refractivity contribution in [2.45, 2.75) is 6.92 Å². The van der Waals surface area contributed by atoms with Crippen molar-refractivity contribution >= 4 is 0 Å². The summed E-state index contributed by atoms with van der Waals surface area (Å²) in [6, 6.07) is 4.71. The van der Waals surface area contributed by atoms with E-state index in [1.165, 1.54) is 13.2 Å². The lowest BCUT2D eigenvalue weighted by molar-refractivity contribution is 0.354. The Labute approximate surface area is 102 Å². The molecule has 0 fully saturated rings. The van der Waals surface area contributed by atoms with Crippen LogP contribution in [-0.2, 0) is 0 Å². The smallest absolute Gasteiger partial charge is 0.297 e. The molecule has 0 bridgehead atoms. The van der Waals surface area contributed by atoms with Gasteiger partial charge in [0.1, 0.15) is 0 Å². The first-order valence-electron chi connectivity index (χ1n) is 5.18. The number of hydrogen-bond donors (Lipinski definition) is 1. The summed E-state index contributed by atoms with van der Waals surface area (Å²) in [4.78, 5) is 17.6. The fourth-order valence-corrected chi connectivity index (χ4v) is 1.43. The molecular weight excluding hydrogens is 239 g/mol. The monoisotopic (exact) mass is 250 g/mol. The number of benzene rings is 1. The molecule has 0 aliphatic carbocycles. The van der Waals surface area contributed by atoms with Gasteiger partial charge in [-0.15, -0.1) is 0 Å². The molecule has 0 unspecified atom stereocenters. The van der Waals surface area contributed by atoms with Crippen LogP contribution < -0.4 is 15.0 Å². The second-order valence-electron chi connectivity index (χ2n) is 3.56. The van der Waals surface area contributed by atoms with Crippen molar-refractivity contribution in [2.24, 2.45) is 0 Å². The van der Waals surface area contributed by atoms with Crippen LogP contribution >= 0.6 is 0 Å². The lowest BCUT2D eigenvalue weighted by atomic mass is 10.2. The molecule has 0 saturated carbocycles. The molecular formula is C12H11FN2O3. The van der Waals surface area contributed by atoms with Gasteiger partial charge in [-0.2, -0.15) is 0 Å². The van der Waals surface area contributed by atoms with Crippen LogP contribution in [0.4, 0.5) is 4.39 Å². The minimum atomic E-state index is -0.498. The Kier molecular flexibility index (Phi) is 3.27. The Balaban J connectivity index is 2.43. The maximum atomic E-state index is 13.7. The number of hydrogen-bond acceptors (Lipinski definition) is 4. The van der Waals surface area contributed by atoms with Gasteiger partial charge in [-0.25, -0.2) is 9.37 Å². The SMILES string of the molecule is COc1c(Oc2cccc(C)c2F)nc[nH]c1=O. The van der Waals surface area contributed by atoms with Crippen molar-refractivity contribution in [1.29, 1.82) is 0 Å². The normalized spacial score (nSPS) is 10.2. The van der Waals surface area contributed by atoms with E-state index in [1.807, 2.05) is 0 Å². The molecule has 5 nitrogen and oxygen atoms in total. The van der Waals surface area contributed by atoms with E-state index in [1.54, 1.807) is 19.1 Å². The van der Waals surface area contributed by atoms with Gasteiger partial charge in [-0.3, -0.25) is 4.79 Å². The molecule has 1 aromatic carbocycles. The van der Waals surface area contributed by atoms with E-state index in [0.717, 1.165) is 6.33 Å². The molecule has 2 rings (SSSR count). The van der Waals surface area contributed by atoms with Crippen LogP contribution in [0.5, 0.6) is 17.4 Å². The summed E-state index contributed by atoms with van der Waals surface area (Å²) in [6.07, 6.45) is 1.16. The molecule has 6 heteroatoms. The van der Waals surface area contributed by atoms with Crippen molar-refractivity contribution < 1.29 is 13.9 Å². The molecule has 1 heterocycles. The number of H-pyrrole nitrogens is 1. The van der Waals surface area contributed by atoms with Crippen LogP contribution in [0, 0.1) is 12.7 Å². The first-order chi connectivity index (χ1) is 8.63. The van der Waals surface area contributed by atoms with E-state index in [2.05, 4.69) is 9.97 Å². The standard InChI is InChI=1S/C12H11FN2O3/c1-7-4-3-5-8(9(7)13)18-12-10(17-2)11(16)14-6-15-12/h3-6H,1-2H3,(H,14,15,16). The fraction of sp³-hybridized carbons (Fsp3) is 0.167. The molecule has 2 aromatic rings. The van der Waals surface area contributed by atoms with E-state index >= 15 is 0 Å². The first-order valence-corrected chi connectivity index (χ1v) is 5.18. The third kappa shape index (κ3) is 2.17. The summed E-state index contributed by atoms with van der Waals surface area (Å²) in [5.74, 6) is -0.683. The van der Waals surface area contributed by atoms with E-state index in [-0.39, 0.29) is 17.4 Å². The Morgan fingerprint density at radius 2 is 2.17 bits per heavy atom. The van der Waals surface area contributed by atoms with Crippen LogP contribution in [-0.4, -0.2) is 17.1 Å². The molecule has 94 valence electrons. The number of aromatic amines is 1. The van der Waals surface area contributed by atoms with Crippen LogP contribution in [0.25, 0.3) is 0 Å². The summed E-state index contributed by atoms with van der Waals surface area (Å²) in [7, 11) is 1.31. The van der Waals surface area contributed by atoms with E-state index < -0.39 is 11.4 Å². The van der Waals surface area contributed by atoms with Gasteiger partial charge < -0.3 is 14.5 Å². The Bertz CT molecular complexity index is 625. The van der Waals surface area contributed by atoms with E-state index in [0.29, 0.717) is 5.56 Å². The quantitative estimate of drug-likeness (QED) is 0.905. The summed E-state index contributed by atoms with van der Waals surface area (Å²) in [5.41, 5.74) is -0.0492. The van der Waals surface area contributed by atoms with Gasteiger partial charge in [0.25, 0.3) is 11.4 Å². The number of rotatable bonds is 3. The fourth-order valence-electron chi connectivity index (χ4n) is 1.43. The predicted octanol–water partition coefficient (Wildman–Crippen LogP) is 2.02. The molecule has 0 saturated heterocycles. The summed E-state index contributed by atoms with van der Waals surface area (Å²) >= 11 is 0. The number of ether oxygens (including phenoxy) is 2. The van der Waals surface area contributed by atoms with E-state index in [9.17, 15) is 9.18 Å². The third-order valence-corrected chi connectivity index (χ3v) is 2.35. The maximum absolute atomic E-state index is 13.7. The van der Waals surface area contributed by atoms with Crippen molar-refractivity contribution in [3.8, 4) is 17.4 Å². The van der Waals surface area contributed by atoms with Gasteiger partial charge in [0.15, 0.2) is 11.6 Å². The predicted molar refractivity (Wildman–Crippen MR) is 62.6 cm³/mol. The highest BCUT2D eigenvalue weighted by molar-refractivity contribution is 5.37. The molecule has 1 aromatic heterocycles. The maximum Gasteiger partial charge on any atom is 0.297 e. The van der Waals surface area contributed by atoms with Crippen molar-refractivity contribution in [3.05, 3.63) is 46.3 Å². The zero-order valence-electron chi connectivity index (χ0n) is 9.86. The second kappa shape index (κ2) is 4.87. The van der Waals surface area contributed by atoms with Gasteiger partial charge >= 0.3 is 0 Å². The van der Waals surface area contributed by atoms with Gasteiger partial charge in [-0.1, -0.05) is 12.1 Å². The van der Waals surface area contributed by atoms with Crippen LogP contribution in [0.3, 0.4) is 0 Å². The highest BCUT2D eigenvalue weighted by atomic mass is 19.1. The second-order valence-corrected chi connectivity index (χ2v) is 3.56. The molecule has 0 amide bonds. The van der Waals surface area contributed by atoms with Crippen LogP contribution in [0.1, 0.15) is 5.56 Å². The number of aryl methyl sites for hydroxylation is 1. The largest absolute Gasteiger partial charge is 0.487 e. The summed E-state index contributed by atoms with van der Waals surface area (Å²) in [6.45, 7) is 1.62. The lowest BCUT2D eigenvalue weighted by Crippen LogP contribution is -2.11. The molecule has 1 N–H and O–H groups in total. The highest BCUT2D eigenvalue weighted by Crippen LogP contribution is 2.28. The number of nitrogens with one attached hydrogen (secondary N) is 1. The van der Waals surface area contributed by atoms with Gasteiger partial charge in [-0.05, 0) is 18.6 Å². The summed E-state index contributed by atoms with van der Waals surface area (Å²) in [5, 5.41) is 0. The lowest BCUT2D eigenvalue weighted by Gasteiger charge is -2.09. The molecule has 0 spiro atoms. The number of nitrogens with zero attached hydrogens (tertiary/aromatic N) is 1. The minimum absolute atomic E-state index is 0.00796. The van der Waals surface area contributed by atoms with Crippen molar-refractivity contribution in [3.63, 3.8) is 0 Å². The van der Waals surface area contributed by atoms with Gasteiger partial charge in [0, 0.05) is 0 Å². The molecule has 18 heavy (non-hydrogen) atoms.